The number of halogens is 1. The van der Waals surface area contributed by atoms with E-state index in [-0.39, 0.29) is 0 Å². The molecule has 0 bridgehead atoms. The van der Waals surface area contributed by atoms with E-state index in [1.165, 1.54) is 37.7 Å². The number of rotatable bonds is 7. The van der Waals surface area contributed by atoms with E-state index < -0.39 is 0 Å². The fourth-order valence-electron chi connectivity index (χ4n) is 2.18. The Balaban J connectivity index is 2.70. The van der Waals surface area contributed by atoms with E-state index in [2.05, 4.69) is 60.1 Å². The van der Waals surface area contributed by atoms with Crippen molar-refractivity contribution in [1.29, 1.82) is 0 Å². The van der Waals surface area contributed by atoms with Gasteiger partial charge in [-0.2, -0.15) is 0 Å². The summed E-state index contributed by atoms with van der Waals surface area (Å²) in [7, 11) is 0. The van der Waals surface area contributed by atoms with E-state index in [1.54, 1.807) is 0 Å². The normalized spacial score (nSPS) is 14.7. The summed E-state index contributed by atoms with van der Waals surface area (Å²) in [6.45, 7) is 4.59. The zero-order valence-electron chi connectivity index (χ0n) is 10.5. The van der Waals surface area contributed by atoms with Gasteiger partial charge in [0.15, 0.2) is 0 Å². The van der Waals surface area contributed by atoms with Gasteiger partial charge in [0, 0.05) is 5.33 Å². The Labute approximate surface area is 109 Å². The third-order valence-corrected chi connectivity index (χ3v) is 4.71. The number of hydrogen-bond donors (Lipinski definition) is 0. The lowest BCUT2D eigenvalue weighted by Gasteiger charge is -2.31. The van der Waals surface area contributed by atoms with Gasteiger partial charge in [-0.25, -0.2) is 0 Å². The molecule has 0 N–H and O–H groups in total. The quantitative estimate of drug-likeness (QED) is 0.602. The summed E-state index contributed by atoms with van der Waals surface area (Å²) in [6, 6.07) is 10.9. The van der Waals surface area contributed by atoms with Crippen LogP contribution >= 0.6 is 15.9 Å². The monoisotopic (exact) mass is 282 g/mol. The van der Waals surface area contributed by atoms with E-state index in [9.17, 15) is 0 Å². The molecule has 0 spiro atoms. The molecule has 1 heteroatoms. The van der Waals surface area contributed by atoms with Crippen LogP contribution in [0, 0.1) is 5.41 Å². The van der Waals surface area contributed by atoms with Crippen molar-refractivity contribution in [3.05, 3.63) is 35.9 Å². The molecule has 0 saturated heterocycles. The van der Waals surface area contributed by atoms with Gasteiger partial charge in [0.1, 0.15) is 0 Å². The molecular formula is C15H23Br. The summed E-state index contributed by atoms with van der Waals surface area (Å²) in [5.41, 5.74) is 1.93. The van der Waals surface area contributed by atoms with Crippen LogP contribution < -0.4 is 0 Å². The SMILES string of the molecule is CCCCC(CC)(CBr)Cc1ccccc1. The summed E-state index contributed by atoms with van der Waals surface area (Å²) in [6.07, 6.45) is 6.43. The maximum atomic E-state index is 3.72. The van der Waals surface area contributed by atoms with Crippen LogP contribution in [0.3, 0.4) is 0 Å². The average Bonchev–Trinajstić information content (AvgIpc) is 2.36. The number of alkyl halides is 1. The maximum absolute atomic E-state index is 3.72. The highest BCUT2D eigenvalue weighted by Crippen LogP contribution is 2.34. The van der Waals surface area contributed by atoms with Gasteiger partial charge in [-0.1, -0.05) is 73.0 Å². The van der Waals surface area contributed by atoms with Crippen LogP contribution in [0.25, 0.3) is 0 Å². The second-order valence-corrected chi connectivity index (χ2v) is 5.31. The van der Waals surface area contributed by atoms with Gasteiger partial charge in [-0.15, -0.1) is 0 Å². The van der Waals surface area contributed by atoms with Crippen molar-refractivity contribution in [2.24, 2.45) is 5.41 Å². The molecule has 16 heavy (non-hydrogen) atoms. The minimum atomic E-state index is 0.456. The van der Waals surface area contributed by atoms with Crippen LogP contribution in [0.4, 0.5) is 0 Å². The Morgan fingerprint density at radius 3 is 2.31 bits per heavy atom. The standard InChI is InChI=1S/C15H23Br/c1-3-5-11-15(4-2,13-16)12-14-9-7-6-8-10-14/h6-10H,3-5,11-13H2,1-2H3. The Kier molecular flexibility index (Phi) is 6.12. The van der Waals surface area contributed by atoms with E-state index in [4.69, 9.17) is 0 Å². The highest BCUT2D eigenvalue weighted by Gasteiger charge is 2.26. The summed E-state index contributed by atoms with van der Waals surface area (Å²) in [5.74, 6) is 0. The van der Waals surface area contributed by atoms with Crippen molar-refractivity contribution in [3.63, 3.8) is 0 Å². The lowest BCUT2D eigenvalue weighted by atomic mass is 9.77. The van der Waals surface area contributed by atoms with Crippen molar-refractivity contribution in [2.45, 2.75) is 46.0 Å². The molecule has 1 unspecified atom stereocenters. The molecule has 0 aliphatic carbocycles. The van der Waals surface area contributed by atoms with Gasteiger partial charge in [0.05, 0.1) is 0 Å². The lowest BCUT2D eigenvalue weighted by molar-refractivity contribution is 0.284. The summed E-state index contributed by atoms with van der Waals surface area (Å²) < 4.78 is 0. The molecule has 1 rings (SSSR count). The number of unbranched alkanes of at least 4 members (excludes halogenated alkanes) is 1. The molecule has 0 nitrogen and oxygen atoms in total. The first-order valence-electron chi connectivity index (χ1n) is 6.36. The molecular weight excluding hydrogens is 260 g/mol. The minimum Gasteiger partial charge on any atom is -0.0922 e. The summed E-state index contributed by atoms with van der Waals surface area (Å²) in [5, 5.41) is 1.12. The van der Waals surface area contributed by atoms with Gasteiger partial charge in [-0.05, 0) is 30.2 Å². The molecule has 0 radical (unpaired) electrons. The predicted octanol–water partition coefficient (Wildman–Crippen LogP) is 5.21. The van der Waals surface area contributed by atoms with Crippen LogP contribution in [0.2, 0.25) is 0 Å². The molecule has 0 amide bonds. The highest BCUT2D eigenvalue weighted by atomic mass is 79.9. The average molecular weight is 283 g/mol. The van der Waals surface area contributed by atoms with Gasteiger partial charge in [0.2, 0.25) is 0 Å². The molecule has 0 heterocycles. The third-order valence-electron chi connectivity index (χ3n) is 3.52. The molecule has 0 aliphatic heterocycles. The smallest absolute Gasteiger partial charge is 0.00910 e. The fourth-order valence-corrected chi connectivity index (χ4v) is 3.05. The first-order chi connectivity index (χ1) is 7.76. The second kappa shape index (κ2) is 7.11. The highest BCUT2D eigenvalue weighted by molar-refractivity contribution is 9.09. The van der Waals surface area contributed by atoms with Gasteiger partial charge in [0.25, 0.3) is 0 Å². The Morgan fingerprint density at radius 1 is 1.12 bits per heavy atom. The maximum Gasteiger partial charge on any atom is 0.00910 e. The van der Waals surface area contributed by atoms with Gasteiger partial charge in [-0.3, -0.25) is 0 Å². The Bertz CT molecular complexity index is 275. The first-order valence-corrected chi connectivity index (χ1v) is 7.48. The number of benzene rings is 1. The molecule has 0 saturated carbocycles. The van der Waals surface area contributed by atoms with Crippen molar-refractivity contribution < 1.29 is 0 Å². The Hall–Kier alpha value is -0.300. The topological polar surface area (TPSA) is 0 Å². The molecule has 1 atom stereocenters. The van der Waals surface area contributed by atoms with E-state index in [0.29, 0.717) is 5.41 Å². The van der Waals surface area contributed by atoms with Crippen LogP contribution in [-0.4, -0.2) is 5.33 Å². The molecule has 1 aromatic carbocycles. The fraction of sp³-hybridized carbons (Fsp3) is 0.600. The molecule has 0 fully saturated rings. The second-order valence-electron chi connectivity index (χ2n) is 4.75. The Morgan fingerprint density at radius 2 is 1.81 bits per heavy atom. The molecule has 90 valence electrons. The van der Waals surface area contributed by atoms with Crippen molar-refractivity contribution in [3.8, 4) is 0 Å². The van der Waals surface area contributed by atoms with Crippen LogP contribution in [-0.2, 0) is 6.42 Å². The summed E-state index contributed by atoms with van der Waals surface area (Å²) >= 11 is 3.72. The van der Waals surface area contributed by atoms with Gasteiger partial charge >= 0.3 is 0 Å². The first kappa shape index (κ1) is 13.8. The number of hydrogen-bond acceptors (Lipinski definition) is 0. The largest absolute Gasteiger partial charge is 0.0922 e. The minimum absolute atomic E-state index is 0.456. The third kappa shape index (κ3) is 3.93. The molecule has 0 aromatic heterocycles. The zero-order valence-corrected chi connectivity index (χ0v) is 12.1. The van der Waals surface area contributed by atoms with Crippen molar-refractivity contribution in [1.82, 2.24) is 0 Å². The van der Waals surface area contributed by atoms with E-state index in [1.807, 2.05) is 0 Å². The van der Waals surface area contributed by atoms with Crippen molar-refractivity contribution >= 4 is 15.9 Å². The van der Waals surface area contributed by atoms with Crippen molar-refractivity contribution in [2.75, 3.05) is 5.33 Å². The predicted molar refractivity (Wildman–Crippen MR) is 76.2 cm³/mol. The van der Waals surface area contributed by atoms with Crippen LogP contribution in [0.5, 0.6) is 0 Å². The van der Waals surface area contributed by atoms with Gasteiger partial charge < -0.3 is 0 Å². The van der Waals surface area contributed by atoms with Crippen LogP contribution in [0.15, 0.2) is 30.3 Å². The van der Waals surface area contributed by atoms with E-state index >= 15 is 0 Å². The zero-order chi connectivity index (χ0) is 11.9. The van der Waals surface area contributed by atoms with Crippen LogP contribution in [0.1, 0.15) is 45.1 Å². The molecule has 0 aliphatic rings. The molecule has 1 aromatic rings. The van der Waals surface area contributed by atoms with E-state index in [0.717, 1.165) is 5.33 Å². The lowest BCUT2D eigenvalue weighted by Crippen LogP contribution is -2.24. The summed E-state index contributed by atoms with van der Waals surface area (Å²) in [4.78, 5) is 0.